The molecule has 1 aromatic heterocycles. The molecular formula is C26H22ClN3O. The van der Waals surface area contributed by atoms with Crippen molar-refractivity contribution in [3.8, 4) is 5.69 Å². The van der Waals surface area contributed by atoms with E-state index in [2.05, 4.69) is 59.4 Å². The Balaban J connectivity index is 1.64. The first-order valence-electron chi connectivity index (χ1n) is 10.3. The lowest BCUT2D eigenvalue weighted by molar-refractivity contribution is 0.194. The van der Waals surface area contributed by atoms with Crippen molar-refractivity contribution in [3.63, 3.8) is 0 Å². The number of nitrogens with zero attached hydrogens (tertiary/aromatic N) is 2. The Morgan fingerprint density at radius 3 is 2.65 bits per heavy atom. The van der Waals surface area contributed by atoms with Crippen molar-refractivity contribution in [3.05, 3.63) is 119 Å². The number of urea groups is 1. The second-order valence-electron chi connectivity index (χ2n) is 7.82. The van der Waals surface area contributed by atoms with E-state index in [1.807, 2.05) is 41.3 Å². The Morgan fingerprint density at radius 1 is 0.968 bits per heavy atom. The Hall–Kier alpha value is -3.50. The molecule has 0 fully saturated rings. The zero-order valence-corrected chi connectivity index (χ0v) is 17.9. The number of carbonyl (C=O) groups is 1. The van der Waals surface area contributed by atoms with Gasteiger partial charge >= 0.3 is 6.03 Å². The number of carbonyl (C=O) groups excluding carboxylic acids is 1. The minimum atomic E-state index is -0.235. The fourth-order valence-corrected chi connectivity index (χ4v) is 4.48. The highest BCUT2D eigenvalue weighted by molar-refractivity contribution is 6.30. The van der Waals surface area contributed by atoms with E-state index < -0.39 is 0 Å². The van der Waals surface area contributed by atoms with Crippen LogP contribution in [0.2, 0.25) is 5.02 Å². The number of hydrogen-bond donors (Lipinski definition) is 1. The molecule has 0 radical (unpaired) electrons. The van der Waals surface area contributed by atoms with Crippen molar-refractivity contribution in [2.75, 3.05) is 5.32 Å². The lowest BCUT2D eigenvalue weighted by Crippen LogP contribution is -2.37. The van der Waals surface area contributed by atoms with E-state index in [9.17, 15) is 4.79 Å². The van der Waals surface area contributed by atoms with Gasteiger partial charge in [0.25, 0.3) is 0 Å². The molecule has 0 aliphatic carbocycles. The minimum Gasteiger partial charge on any atom is -0.318 e. The highest BCUT2D eigenvalue weighted by atomic mass is 35.5. The first-order valence-corrected chi connectivity index (χ1v) is 10.6. The van der Waals surface area contributed by atoms with Gasteiger partial charge in [0.05, 0.1) is 18.3 Å². The summed E-state index contributed by atoms with van der Waals surface area (Å²) in [5.41, 5.74) is 6.15. The van der Waals surface area contributed by atoms with Crippen LogP contribution in [0.15, 0.2) is 91.1 Å². The van der Waals surface area contributed by atoms with Crippen LogP contribution in [0.25, 0.3) is 5.69 Å². The van der Waals surface area contributed by atoms with Crippen LogP contribution in [0.4, 0.5) is 10.5 Å². The number of hydrogen-bond acceptors (Lipinski definition) is 1. The number of nitrogens with one attached hydrogen (secondary N) is 1. The second kappa shape index (κ2) is 7.97. The van der Waals surface area contributed by atoms with Crippen LogP contribution in [-0.4, -0.2) is 15.5 Å². The van der Waals surface area contributed by atoms with Gasteiger partial charge in [0.15, 0.2) is 0 Å². The standard InChI is InChI=1S/C26H22ClN3O/c1-18-7-4-9-19(15-18)25-24-13-6-14-29(24)23-12-3-2-8-20(23)17-30(25)26(31)28-22-11-5-10-21(27)16-22/h2-16,25H,17H2,1H3,(H,28,31). The van der Waals surface area contributed by atoms with Crippen LogP contribution in [0.5, 0.6) is 0 Å². The summed E-state index contributed by atoms with van der Waals surface area (Å²) >= 11 is 6.13. The van der Waals surface area contributed by atoms with Crippen molar-refractivity contribution in [2.45, 2.75) is 19.5 Å². The smallest absolute Gasteiger partial charge is 0.318 e. The Labute approximate surface area is 186 Å². The predicted octanol–water partition coefficient (Wildman–Crippen LogP) is 6.58. The molecule has 4 aromatic rings. The molecule has 154 valence electrons. The van der Waals surface area contributed by atoms with E-state index in [1.165, 1.54) is 0 Å². The van der Waals surface area contributed by atoms with E-state index in [1.54, 1.807) is 12.1 Å². The molecule has 4 nitrogen and oxygen atoms in total. The SMILES string of the molecule is Cc1cccc(C2c3cccn3-c3ccccc3CN2C(=O)Nc2cccc(Cl)c2)c1. The first-order chi connectivity index (χ1) is 15.1. The summed E-state index contributed by atoms with van der Waals surface area (Å²) in [5, 5.41) is 3.63. The zero-order valence-electron chi connectivity index (χ0n) is 17.1. The quantitative estimate of drug-likeness (QED) is 0.385. The number of benzene rings is 3. The molecule has 1 N–H and O–H groups in total. The van der Waals surface area contributed by atoms with Crippen LogP contribution in [0.3, 0.4) is 0 Å². The van der Waals surface area contributed by atoms with E-state index >= 15 is 0 Å². The van der Waals surface area contributed by atoms with Gasteiger partial charge < -0.3 is 14.8 Å². The summed E-state index contributed by atoms with van der Waals surface area (Å²) in [7, 11) is 0. The van der Waals surface area contributed by atoms with E-state index in [-0.39, 0.29) is 12.1 Å². The summed E-state index contributed by atoms with van der Waals surface area (Å²) < 4.78 is 2.19. The number of halogens is 1. The molecule has 5 heteroatoms. The molecule has 0 saturated carbocycles. The van der Waals surface area contributed by atoms with Gasteiger partial charge in [-0.1, -0.05) is 65.7 Å². The third-order valence-electron chi connectivity index (χ3n) is 5.66. The van der Waals surface area contributed by atoms with Crippen molar-refractivity contribution in [1.29, 1.82) is 0 Å². The van der Waals surface area contributed by atoms with Crippen molar-refractivity contribution >= 4 is 23.3 Å². The Bertz CT molecular complexity index is 1260. The highest BCUT2D eigenvalue weighted by Gasteiger charge is 2.33. The number of para-hydroxylation sites is 1. The lowest BCUT2D eigenvalue weighted by Gasteiger charge is -2.31. The van der Waals surface area contributed by atoms with Crippen LogP contribution in [-0.2, 0) is 6.54 Å². The van der Waals surface area contributed by atoms with Gasteiger partial charge in [-0.2, -0.15) is 0 Å². The largest absolute Gasteiger partial charge is 0.322 e. The molecule has 1 atom stereocenters. The zero-order chi connectivity index (χ0) is 21.4. The summed E-state index contributed by atoms with van der Waals surface area (Å²) in [6.45, 7) is 2.56. The molecule has 0 bridgehead atoms. The molecule has 2 heterocycles. The van der Waals surface area contributed by atoms with Crippen LogP contribution >= 0.6 is 11.6 Å². The third-order valence-corrected chi connectivity index (χ3v) is 5.89. The van der Waals surface area contributed by atoms with Crippen molar-refractivity contribution in [2.24, 2.45) is 0 Å². The summed E-state index contributed by atoms with van der Waals surface area (Å²) in [5.74, 6) is 0. The van der Waals surface area contributed by atoms with Crippen LogP contribution in [0, 0.1) is 6.92 Å². The first kappa shape index (κ1) is 19.5. The maximum atomic E-state index is 13.6. The van der Waals surface area contributed by atoms with Gasteiger partial charge in [-0.3, -0.25) is 0 Å². The van der Waals surface area contributed by atoms with Crippen LogP contribution < -0.4 is 5.32 Å². The molecule has 1 aliphatic rings. The van der Waals surface area contributed by atoms with Gasteiger partial charge in [0.1, 0.15) is 0 Å². The fourth-order valence-electron chi connectivity index (χ4n) is 4.29. The lowest BCUT2D eigenvalue weighted by atomic mass is 10.00. The summed E-state index contributed by atoms with van der Waals surface area (Å²) in [4.78, 5) is 15.5. The number of aromatic nitrogens is 1. The maximum absolute atomic E-state index is 13.6. The molecule has 0 spiro atoms. The Morgan fingerprint density at radius 2 is 1.81 bits per heavy atom. The molecule has 3 aromatic carbocycles. The maximum Gasteiger partial charge on any atom is 0.322 e. The van der Waals surface area contributed by atoms with Gasteiger partial charge in [-0.15, -0.1) is 0 Å². The highest BCUT2D eigenvalue weighted by Crippen LogP contribution is 2.37. The Kier molecular flexibility index (Phi) is 5.00. The third kappa shape index (κ3) is 3.71. The number of aryl methyl sites for hydroxylation is 1. The number of anilines is 1. The molecule has 1 aliphatic heterocycles. The molecule has 5 rings (SSSR count). The fraction of sp³-hybridized carbons (Fsp3) is 0.115. The van der Waals surface area contributed by atoms with E-state index in [4.69, 9.17) is 11.6 Å². The monoisotopic (exact) mass is 427 g/mol. The average Bonchev–Trinajstić information content (AvgIpc) is 3.18. The molecule has 31 heavy (non-hydrogen) atoms. The van der Waals surface area contributed by atoms with Gasteiger partial charge in [0.2, 0.25) is 0 Å². The molecule has 0 saturated heterocycles. The van der Waals surface area contributed by atoms with Gasteiger partial charge in [-0.05, 0) is 54.4 Å². The van der Waals surface area contributed by atoms with Crippen molar-refractivity contribution in [1.82, 2.24) is 9.47 Å². The van der Waals surface area contributed by atoms with E-state index in [0.29, 0.717) is 17.3 Å². The van der Waals surface area contributed by atoms with Gasteiger partial charge in [-0.25, -0.2) is 4.79 Å². The summed E-state index contributed by atoms with van der Waals surface area (Å²) in [6, 6.07) is 27.5. The molecule has 1 unspecified atom stereocenters. The molecular weight excluding hydrogens is 406 g/mol. The number of fused-ring (bicyclic) bond motifs is 3. The molecule has 2 amide bonds. The number of amides is 2. The van der Waals surface area contributed by atoms with Gasteiger partial charge in [0, 0.05) is 22.6 Å². The predicted molar refractivity (Wildman–Crippen MR) is 125 cm³/mol. The number of rotatable bonds is 2. The van der Waals surface area contributed by atoms with Crippen molar-refractivity contribution < 1.29 is 4.79 Å². The second-order valence-corrected chi connectivity index (χ2v) is 8.25. The van der Waals surface area contributed by atoms with E-state index in [0.717, 1.165) is 28.1 Å². The topological polar surface area (TPSA) is 37.3 Å². The minimum absolute atomic E-state index is 0.168. The average molecular weight is 428 g/mol. The normalized spacial score (nSPS) is 15.0. The van der Waals surface area contributed by atoms with Crippen LogP contribution in [0.1, 0.15) is 28.4 Å². The summed E-state index contributed by atoms with van der Waals surface area (Å²) in [6.07, 6.45) is 2.06.